The summed E-state index contributed by atoms with van der Waals surface area (Å²) in [6, 6.07) is 1.80. The molecule has 17 heavy (non-hydrogen) atoms. The van der Waals surface area contributed by atoms with Crippen LogP contribution in [0.1, 0.15) is 36.4 Å². The second-order valence-electron chi connectivity index (χ2n) is 4.34. The summed E-state index contributed by atoms with van der Waals surface area (Å²) in [6.07, 6.45) is 4.17. The molecule has 0 radical (unpaired) electrons. The quantitative estimate of drug-likeness (QED) is 0.826. The fourth-order valence-corrected chi connectivity index (χ4v) is 2.78. The predicted octanol–water partition coefficient (Wildman–Crippen LogP) is 3.08. The van der Waals surface area contributed by atoms with Crippen molar-refractivity contribution in [3.63, 3.8) is 0 Å². The third kappa shape index (κ3) is 2.22. The van der Waals surface area contributed by atoms with Gasteiger partial charge in [0.15, 0.2) is 11.5 Å². The van der Waals surface area contributed by atoms with Gasteiger partial charge < -0.3 is 15.2 Å². The highest BCUT2D eigenvalue weighted by molar-refractivity contribution is 6.31. The summed E-state index contributed by atoms with van der Waals surface area (Å²) in [5.74, 6) is 1.40. The molecule has 94 valence electrons. The molecule has 0 fully saturated rings. The molecule has 0 bridgehead atoms. The maximum absolute atomic E-state index is 6.30. The van der Waals surface area contributed by atoms with Gasteiger partial charge in [-0.3, -0.25) is 0 Å². The van der Waals surface area contributed by atoms with Gasteiger partial charge in [0.2, 0.25) is 0 Å². The van der Waals surface area contributed by atoms with E-state index < -0.39 is 0 Å². The zero-order chi connectivity index (χ0) is 12.4. The highest BCUT2D eigenvalue weighted by atomic mass is 35.5. The highest BCUT2D eigenvalue weighted by Crippen LogP contribution is 2.43. The molecule has 0 saturated carbocycles. The lowest BCUT2D eigenvalue weighted by Crippen LogP contribution is -2.13. The molecule has 0 aromatic heterocycles. The van der Waals surface area contributed by atoms with Crippen LogP contribution < -0.4 is 15.2 Å². The first-order chi connectivity index (χ1) is 8.19. The van der Waals surface area contributed by atoms with Crippen molar-refractivity contribution in [1.29, 1.82) is 0 Å². The number of ether oxygens (including phenoxy) is 2. The van der Waals surface area contributed by atoms with Crippen LogP contribution >= 0.6 is 11.6 Å². The fourth-order valence-electron chi connectivity index (χ4n) is 2.48. The van der Waals surface area contributed by atoms with Crippen molar-refractivity contribution in [1.82, 2.24) is 0 Å². The topological polar surface area (TPSA) is 44.5 Å². The number of rotatable bonds is 2. The van der Waals surface area contributed by atoms with E-state index in [-0.39, 0.29) is 6.04 Å². The molecule has 1 aliphatic rings. The van der Waals surface area contributed by atoms with E-state index in [2.05, 4.69) is 0 Å². The standard InChI is InChI=1S/C13H18ClNO2/c1-16-11-7-9(14)8-5-3-4-6-10(15)12(8)13(11)17-2/h7,10H,3-6,15H2,1-2H3. The van der Waals surface area contributed by atoms with Crippen LogP contribution in [-0.2, 0) is 6.42 Å². The minimum Gasteiger partial charge on any atom is -0.493 e. The maximum atomic E-state index is 6.30. The van der Waals surface area contributed by atoms with Crippen LogP contribution in [0.4, 0.5) is 0 Å². The Morgan fingerprint density at radius 2 is 2.06 bits per heavy atom. The highest BCUT2D eigenvalue weighted by Gasteiger charge is 2.25. The zero-order valence-corrected chi connectivity index (χ0v) is 11.0. The molecule has 3 nitrogen and oxygen atoms in total. The minimum absolute atomic E-state index is 0.0185. The Morgan fingerprint density at radius 3 is 2.71 bits per heavy atom. The Balaban J connectivity index is 2.64. The zero-order valence-electron chi connectivity index (χ0n) is 10.3. The van der Waals surface area contributed by atoms with Crippen LogP contribution in [0, 0.1) is 0 Å². The first-order valence-electron chi connectivity index (χ1n) is 5.87. The molecule has 1 aromatic carbocycles. The molecule has 0 heterocycles. The Morgan fingerprint density at radius 1 is 1.29 bits per heavy atom. The summed E-state index contributed by atoms with van der Waals surface area (Å²) < 4.78 is 10.8. The normalized spacial score (nSPS) is 19.4. The second-order valence-corrected chi connectivity index (χ2v) is 4.75. The molecule has 4 heteroatoms. The van der Waals surface area contributed by atoms with E-state index in [4.69, 9.17) is 26.8 Å². The van der Waals surface area contributed by atoms with E-state index in [1.807, 2.05) is 6.07 Å². The Hall–Kier alpha value is -0.930. The van der Waals surface area contributed by atoms with E-state index in [9.17, 15) is 0 Å². The summed E-state index contributed by atoms with van der Waals surface area (Å²) >= 11 is 6.30. The molecule has 2 N–H and O–H groups in total. The van der Waals surface area contributed by atoms with Crippen molar-refractivity contribution >= 4 is 11.6 Å². The van der Waals surface area contributed by atoms with Crippen LogP contribution in [0.5, 0.6) is 11.5 Å². The number of halogens is 1. The summed E-state index contributed by atoms with van der Waals surface area (Å²) in [5, 5.41) is 0.731. The molecule has 0 aliphatic heterocycles. The van der Waals surface area contributed by atoms with Crippen molar-refractivity contribution in [3.8, 4) is 11.5 Å². The third-order valence-corrected chi connectivity index (χ3v) is 3.66. The van der Waals surface area contributed by atoms with E-state index >= 15 is 0 Å². The van der Waals surface area contributed by atoms with Gasteiger partial charge in [-0.1, -0.05) is 18.0 Å². The van der Waals surface area contributed by atoms with Gasteiger partial charge in [0, 0.05) is 22.7 Å². The minimum atomic E-state index is -0.0185. The lowest BCUT2D eigenvalue weighted by Gasteiger charge is -2.20. The van der Waals surface area contributed by atoms with Gasteiger partial charge in [0.25, 0.3) is 0 Å². The molecule has 1 unspecified atom stereocenters. The average Bonchev–Trinajstić information content (AvgIpc) is 2.52. The predicted molar refractivity (Wildman–Crippen MR) is 69.0 cm³/mol. The summed E-state index contributed by atoms with van der Waals surface area (Å²) in [4.78, 5) is 0. The van der Waals surface area contributed by atoms with Crippen LogP contribution in [0.3, 0.4) is 0 Å². The van der Waals surface area contributed by atoms with Crippen LogP contribution in [-0.4, -0.2) is 14.2 Å². The van der Waals surface area contributed by atoms with Crippen molar-refractivity contribution in [2.45, 2.75) is 31.7 Å². The number of nitrogens with two attached hydrogens (primary N) is 1. The molecular weight excluding hydrogens is 238 g/mol. The van der Waals surface area contributed by atoms with Gasteiger partial charge >= 0.3 is 0 Å². The largest absolute Gasteiger partial charge is 0.493 e. The molecule has 1 aromatic rings. The smallest absolute Gasteiger partial charge is 0.165 e. The Labute approximate surface area is 107 Å². The molecular formula is C13H18ClNO2. The average molecular weight is 256 g/mol. The van der Waals surface area contributed by atoms with Crippen molar-refractivity contribution in [3.05, 3.63) is 22.2 Å². The van der Waals surface area contributed by atoms with Gasteiger partial charge in [-0.05, 0) is 24.8 Å². The van der Waals surface area contributed by atoms with Gasteiger partial charge in [-0.15, -0.1) is 0 Å². The number of hydrogen-bond acceptors (Lipinski definition) is 3. The van der Waals surface area contributed by atoms with Crippen molar-refractivity contribution in [2.24, 2.45) is 5.73 Å². The lowest BCUT2D eigenvalue weighted by molar-refractivity contribution is 0.348. The third-order valence-electron chi connectivity index (χ3n) is 3.33. The lowest BCUT2D eigenvalue weighted by atomic mass is 9.97. The van der Waals surface area contributed by atoms with E-state index in [0.29, 0.717) is 5.75 Å². The molecule has 0 amide bonds. The first-order valence-corrected chi connectivity index (χ1v) is 6.25. The van der Waals surface area contributed by atoms with E-state index in [0.717, 1.165) is 47.6 Å². The number of fused-ring (bicyclic) bond motifs is 1. The van der Waals surface area contributed by atoms with Crippen molar-refractivity contribution in [2.75, 3.05) is 14.2 Å². The Bertz CT molecular complexity index is 420. The van der Waals surface area contributed by atoms with E-state index in [1.165, 1.54) is 0 Å². The molecule has 0 saturated heterocycles. The summed E-state index contributed by atoms with van der Waals surface area (Å²) in [6.45, 7) is 0. The van der Waals surface area contributed by atoms with Gasteiger partial charge in [0.05, 0.1) is 14.2 Å². The molecule has 1 aliphatic carbocycles. The fraction of sp³-hybridized carbons (Fsp3) is 0.538. The van der Waals surface area contributed by atoms with Gasteiger partial charge in [-0.25, -0.2) is 0 Å². The van der Waals surface area contributed by atoms with Gasteiger partial charge in [0.1, 0.15) is 0 Å². The first kappa shape index (κ1) is 12.5. The van der Waals surface area contributed by atoms with Gasteiger partial charge in [-0.2, -0.15) is 0 Å². The summed E-state index contributed by atoms with van der Waals surface area (Å²) in [7, 11) is 3.26. The van der Waals surface area contributed by atoms with Crippen LogP contribution in [0.25, 0.3) is 0 Å². The molecule has 0 spiro atoms. The number of hydrogen-bond donors (Lipinski definition) is 1. The SMILES string of the molecule is COc1cc(Cl)c2c(c1OC)C(N)CCCC2. The molecule has 2 rings (SSSR count). The number of methoxy groups -OCH3 is 2. The summed E-state index contributed by atoms with van der Waals surface area (Å²) in [5.41, 5.74) is 8.36. The second kappa shape index (κ2) is 5.15. The number of benzene rings is 1. The van der Waals surface area contributed by atoms with Crippen LogP contribution in [0.15, 0.2) is 6.07 Å². The monoisotopic (exact) mass is 255 g/mol. The van der Waals surface area contributed by atoms with Crippen molar-refractivity contribution < 1.29 is 9.47 Å². The maximum Gasteiger partial charge on any atom is 0.165 e. The van der Waals surface area contributed by atoms with Crippen LogP contribution in [0.2, 0.25) is 5.02 Å². The Kier molecular flexibility index (Phi) is 3.79. The van der Waals surface area contributed by atoms with E-state index in [1.54, 1.807) is 14.2 Å². The molecule has 1 atom stereocenters.